The lowest BCUT2D eigenvalue weighted by molar-refractivity contribution is -0.117. The fourth-order valence-corrected chi connectivity index (χ4v) is 4.30. The zero-order valence-electron chi connectivity index (χ0n) is 13.9. The van der Waals surface area contributed by atoms with Gasteiger partial charge in [-0.2, -0.15) is 15.5 Å². The molecule has 0 aliphatic carbocycles. The van der Waals surface area contributed by atoms with Gasteiger partial charge in [-0.15, -0.1) is 0 Å². The van der Waals surface area contributed by atoms with Gasteiger partial charge in [-0.25, -0.2) is 10.1 Å². The minimum absolute atomic E-state index is 0.0368. The van der Waals surface area contributed by atoms with E-state index in [-0.39, 0.29) is 10.7 Å². The van der Waals surface area contributed by atoms with E-state index in [9.17, 15) is 15.2 Å². The van der Waals surface area contributed by atoms with Crippen molar-refractivity contribution >= 4 is 47.2 Å². The molecule has 7 nitrogen and oxygen atoms in total. The molecule has 27 heavy (non-hydrogen) atoms. The van der Waals surface area contributed by atoms with Gasteiger partial charge in [-0.1, -0.05) is 41.6 Å². The maximum Gasteiger partial charge on any atom is 0.283 e. The maximum absolute atomic E-state index is 12.2. The molecule has 2 aromatic rings. The van der Waals surface area contributed by atoms with E-state index in [4.69, 9.17) is 11.6 Å². The average molecular weight is 418 g/mol. The molecule has 0 saturated heterocycles. The summed E-state index contributed by atoms with van der Waals surface area (Å²) in [5, 5.41) is 28.7. The Labute approximate surface area is 168 Å². The number of nitriles is 1. The second-order valence-electron chi connectivity index (χ2n) is 5.19. The highest BCUT2D eigenvalue weighted by atomic mass is 35.5. The van der Waals surface area contributed by atoms with Crippen LogP contribution in [-0.4, -0.2) is 27.0 Å². The van der Waals surface area contributed by atoms with Crippen molar-refractivity contribution in [1.82, 2.24) is 15.2 Å². The predicted octanol–water partition coefficient (Wildman–Crippen LogP) is 3.86. The van der Waals surface area contributed by atoms with Crippen molar-refractivity contribution in [3.05, 3.63) is 67.1 Å². The first kappa shape index (κ1) is 19.1. The molecule has 0 unspecified atom stereocenters. The zero-order chi connectivity index (χ0) is 19.4. The normalized spacial score (nSPS) is 15.5. The van der Waals surface area contributed by atoms with Crippen molar-refractivity contribution in [2.45, 2.75) is 6.92 Å². The third kappa shape index (κ3) is 4.19. The van der Waals surface area contributed by atoms with E-state index in [2.05, 4.69) is 15.6 Å². The summed E-state index contributed by atoms with van der Waals surface area (Å²) < 4.78 is 1.97. The Morgan fingerprint density at radius 2 is 2.19 bits per heavy atom. The van der Waals surface area contributed by atoms with Gasteiger partial charge < -0.3 is 5.11 Å². The number of benzene rings is 1. The molecular formula is C17H12ClN5O2S2. The summed E-state index contributed by atoms with van der Waals surface area (Å²) in [4.78, 5) is 12.2. The van der Waals surface area contributed by atoms with E-state index < -0.39 is 5.91 Å². The summed E-state index contributed by atoms with van der Waals surface area (Å²) in [5.41, 5.74) is 4.17. The minimum Gasteiger partial charge on any atom is -0.501 e. The van der Waals surface area contributed by atoms with Crippen LogP contribution in [0.3, 0.4) is 0 Å². The highest BCUT2D eigenvalue weighted by Crippen LogP contribution is 2.43. The molecule has 2 heterocycles. The summed E-state index contributed by atoms with van der Waals surface area (Å²) in [6, 6.07) is 11.2. The fourth-order valence-electron chi connectivity index (χ4n) is 2.16. The maximum atomic E-state index is 12.2. The van der Waals surface area contributed by atoms with Gasteiger partial charge in [0.2, 0.25) is 0 Å². The molecule has 0 fully saturated rings. The number of aryl methyl sites for hydroxylation is 1. The molecule has 0 atom stereocenters. The van der Waals surface area contributed by atoms with E-state index in [1.807, 2.05) is 36.4 Å². The molecule has 1 aromatic carbocycles. The number of thioether (sulfide) groups is 2. The van der Waals surface area contributed by atoms with E-state index in [1.165, 1.54) is 11.6 Å². The van der Waals surface area contributed by atoms with Gasteiger partial charge >= 0.3 is 0 Å². The lowest BCUT2D eigenvalue weighted by Gasteiger charge is -2.02. The van der Waals surface area contributed by atoms with Crippen LogP contribution < -0.4 is 5.43 Å². The first-order valence-corrected chi connectivity index (χ1v) is 9.60. The highest BCUT2D eigenvalue weighted by molar-refractivity contribution is 8.27. The number of hydrazone groups is 1. The third-order valence-electron chi connectivity index (χ3n) is 3.42. The number of hydrogen-bond donors (Lipinski definition) is 2. The number of aliphatic hydroxyl groups is 1. The molecule has 2 N–H and O–H groups in total. The first-order valence-electron chi connectivity index (χ1n) is 7.53. The number of hydrogen-bond acceptors (Lipinski definition) is 7. The second-order valence-corrected chi connectivity index (χ2v) is 7.71. The summed E-state index contributed by atoms with van der Waals surface area (Å²) in [7, 11) is 0. The molecule has 10 heteroatoms. The average Bonchev–Trinajstić information content (AvgIpc) is 3.21. The largest absolute Gasteiger partial charge is 0.501 e. The summed E-state index contributed by atoms with van der Waals surface area (Å²) in [6.45, 7) is 1.78. The first-order chi connectivity index (χ1) is 13.0. The Morgan fingerprint density at radius 3 is 2.81 bits per heavy atom. The standard InChI is InChI=1S/C17H12ClN5O2S2/c1-10-13(15(18)23(22-10)11-5-3-2-4-6-11)8-20-21-16(25)12(7-19)17-26-9-14(24)27-17/h2-6,8-9,24H,1H3,(H,21,25). The number of rotatable bonds is 4. The second kappa shape index (κ2) is 8.35. The predicted molar refractivity (Wildman–Crippen MR) is 108 cm³/mol. The van der Waals surface area contributed by atoms with Crippen molar-refractivity contribution in [2.75, 3.05) is 0 Å². The number of amides is 1. The Morgan fingerprint density at radius 1 is 1.44 bits per heavy atom. The molecule has 1 aromatic heterocycles. The number of nitrogens with one attached hydrogen (secondary N) is 1. The van der Waals surface area contributed by atoms with Crippen LogP contribution >= 0.6 is 35.1 Å². The van der Waals surface area contributed by atoms with Crippen LogP contribution in [0, 0.1) is 18.3 Å². The molecule has 1 amide bonds. The van der Waals surface area contributed by atoms with E-state index in [0.717, 1.165) is 29.2 Å². The Bertz CT molecular complexity index is 1020. The van der Waals surface area contributed by atoms with Gasteiger partial charge in [0.05, 0.1) is 27.4 Å². The summed E-state index contributed by atoms with van der Waals surface area (Å²) >= 11 is 8.44. The molecule has 1 aliphatic rings. The van der Waals surface area contributed by atoms with Gasteiger partial charge in [0, 0.05) is 5.41 Å². The molecule has 1 aliphatic heterocycles. The number of halogens is 1. The Hall–Kier alpha value is -2.67. The molecular weight excluding hydrogens is 406 g/mol. The number of para-hydroxylation sites is 1. The lowest BCUT2D eigenvalue weighted by atomic mass is 10.3. The van der Waals surface area contributed by atoms with Crippen LogP contribution in [0.1, 0.15) is 11.3 Å². The highest BCUT2D eigenvalue weighted by Gasteiger charge is 2.21. The van der Waals surface area contributed by atoms with Crippen molar-refractivity contribution < 1.29 is 9.90 Å². The van der Waals surface area contributed by atoms with Crippen molar-refractivity contribution in [1.29, 1.82) is 5.26 Å². The number of nitrogens with zero attached hydrogens (tertiary/aromatic N) is 4. The van der Waals surface area contributed by atoms with Crippen molar-refractivity contribution in [2.24, 2.45) is 5.10 Å². The quantitative estimate of drug-likeness (QED) is 0.339. The monoisotopic (exact) mass is 417 g/mol. The smallest absolute Gasteiger partial charge is 0.283 e. The molecule has 0 bridgehead atoms. The van der Waals surface area contributed by atoms with Gasteiger partial charge in [0.25, 0.3) is 5.91 Å². The Balaban J connectivity index is 1.77. The van der Waals surface area contributed by atoms with E-state index in [1.54, 1.807) is 11.6 Å². The zero-order valence-corrected chi connectivity index (χ0v) is 16.3. The fraction of sp³-hybridized carbons (Fsp3) is 0.0588. The molecule has 3 rings (SSSR count). The number of aromatic nitrogens is 2. The number of carbonyl (C=O) groups excluding carboxylic acids is 1. The van der Waals surface area contributed by atoms with Crippen molar-refractivity contribution in [3.8, 4) is 11.8 Å². The van der Waals surface area contributed by atoms with E-state index in [0.29, 0.717) is 20.6 Å². The van der Waals surface area contributed by atoms with Crippen molar-refractivity contribution in [3.63, 3.8) is 0 Å². The van der Waals surface area contributed by atoms with Crippen LogP contribution in [-0.2, 0) is 4.79 Å². The Kier molecular flexibility index (Phi) is 5.91. The molecule has 0 spiro atoms. The van der Waals surface area contributed by atoms with Gasteiger partial charge in [-0.3, -0.25) is 4.79 Å². The van der Waals surface area contributed by atoms with Crippen LogP contribution in [0.25, 0.3) is 5.69 Å². The van der Waals surface area contributed by atoms with Crippen LogP contribution in [0.2, 0.25) is 5.15 Å². The number of aliphatic hydroxyl groups excluding tert-OH is 1. The molecule has 0 radical (unpaired) electrons. The van der Waals surface area contributed by atoms with Gasteiger partial charge in [0.1, 0.15) is 16.8 Å². The SMILES string of the molecule is Cc1nn(-c2ccccc2)c(Cl)c1C=NNC(=O)C(C#N)=C1SC=C(O)S1. The van der Waals surface area contributed by atoms with Crippen LogP contribution in [0.15, 0.2) is 55.7 Å². The topological polar surface area (TPSA) is 103 Å². The van der Waals surface area contributed by atoms with Crippen LogP contribution in [0.5, 0.6) is 0 Å². The third-order valence-corrected chi connectivity index (χ3v) is 5.94. The minimum atomic E-state index is -0.670. The molecule has 0 saturated carbocycles. The van der Waals surface area contributed by atoms with Crippen LogP contribution in [0.4, 0.5) is 0 Å². The van der Waals surface area contributed by atoms with E-state index >= 15 is 0 Å². The number of carbonyl (C=O) groups is 1. The summed E-state index contributed by atoms with van der Waals surface area (Å²) in [5.74, 6) is -0.670. The van der Waals surface area contributed by atoms with Gasteiger partial charge in [0.15, 0.2) is 5.09 Å². The summed E-state index contributed by atoms with van der Waals surface area (Å²) in [6.07, 6.45) is 1.38. The molecule has 136 valence electrons. The van der Waals surface area contributed by atoms with Gasteiger partial charge in [-0.05, 0) is 30.8 Å². The lowest BCUT2D eigenvalue weighted by Crippen LogP contribution is -2.19.